The van der Waals surface area contributed by atoms with Crippen LogP contribution in [0.25, 0.3) is 0 Å². The van der Waals surface area contributed by atoms with Crippen LogP contribution < -0.4 is 15.4 Å². The Bertz CT molecular complexity index is 637. The summed E-state index contributed by atoms with van der Waals surface area (Å²) in [5.41, 5.74) is 0. The van der Waals surface area contributed by atoms with Crippen molar-refractivity contribution in [2.24, 2.45) is 5.92 Å². The van der Waals surface area contributed by atoms with E-state index in [4.69, 9.17) is 4.74 Å². The third-order valence-electron chi connectivity index (χ3n) is 4.74. The number of nitrogens with one attached hydrogen (secondary N) is 2. The lowest BCUT2D eigenvalue weighted by molar-refractivity contribution is -0.139. The number of para-hydroxylation sites is 1. The molecule has 2 aliphatic rings. The molecule has 3 amide bonds. The topological polar surface area (TPSA) is 87.7 Å². The largest absolute Gasteiger partial charge is 0.484 e. The highest BCUT2D eigenvalue weighted by Gasteiger charge is 2.27. The van der Waals surface area contributed by atoms with E-state index in [2.05, 4.69) is 10.6 Å². The zero-order chi connectivity index (χ0) is 18.4. The molecule has 1 aliphatic carbocycles. The Kier molecular flexibility index (Phi) is 6.09. The summed E-state index contributed by atoms with van der Waals surface area (Å²) in [5, 5.41) is 5.37. The van der Waals surface area contributed by atoms with Gasteiger partial charge in [-0.05, 0) is 43.7 Å². The zero-order valence-electron chi connectivity index (χ0n) is 14.8. The molecule has 7 heteroatoms. The fourth-order valence-electron chi connectivity index (χ4n) is 2.94. The number of amides is 3. The molecule has 1 saturated heterocycles. The van der Waals surface area contributed by atoms with Crippen LogP contribution in [-0.2, 0) is 14.4 Å². The molecule has 1 saturated carbocycles. The van der Waals surface area contributed by atoms with Crippen molar-refractivity contribution < 1.29 is 19.1 Å². The van der Waals surface area contributed by atoms with Crippen LogP contribution in [0.4, 0.5) is 0 Å². The molecule has 1 aliphatic heterocycles. The van der Waals surface area contributed by atoms with Gasteiger partial charge in [-0.3, -0.25) is 14.4 Å². The molecular formula is C19H25N3O4. The Hall–Kier alpha value is -2.57. The number of ether oxygens (including phenoxy) is 1. The van der Waals surface area contributed by atoms with Crippen molar-refractivity contribution in [3.8, 4) is 5.75 Å². The van der Waals surface area contributed by atoms with E-state index < -0.39 is 11.8 Å². The van der Waals surface area contributed by atoms with E-state index in [1.54, 1.807) is 4.90 Å². The lowest BCUT2D eigenvalue weighted by atomic mass is 9.97. The van der Waals surface area contributed by atoms with Gasteiger partial charge < -0.3 is 20.3 Å². The summed E-state index contributed by atoms with van der Waals surface area (Å²) >= 11 is 0. The third-order valence-corrected chi connectivity index (χ3v) is 4.74. The quantitative estimate of drug-likeness (QED) is 0.732. The SMILES string of the molecule is O=C(NCC1CCN(C(=O)COc2ccccc2)CC1)C(=O)NC1CC1. The van der Waals surface area contributed by atoms with Crippen LogP contribution in [0.5, 0.6) is 5.75 Å². The highest BCUT2D eigenvalue weighted by atomic mass is 16.5. The molecule has 0 atom stereocenters. The molecule has 2 N–H and O–H groups in total. The number of benzene rings is 1. The van der Waals surface area contributed by atoms with Crippen molar-refractivity contribution in [2.75, 3.05) is 26.2 Å². The van der Waals surface area contributed by atoms with Gasteiger partial charge in [0, 0.05) is 25.7 Å². The average molecular weight is 359 g/mol. The molecule has 0 radical (unpaired) electrons. The number of rotatable bonds is 6. The maximum atomic E-state index is 12.2. The lowest BCUT2D eigenvalue weighted by Crippen LogP contribution is -2.45. The molecule has 26 heavy (non-hydrogen) atoms. The normalized spacial score (nSPS) is 17.5. The molecule has 1 heterocycles. The maximum Gasteiger partial charge on any atom is 0.309 e. The molecule has 1 aromatic rings. The fourth-order valence-corrected chi connectivity index (χ4v) is 2.94. The molecular weight excluding hydrogens is 334 g/mol. The summed E-state index contributed by atoms with van der Waals surface area (Å²) in [4.78, 5) is 37.4. The first-order chi connectivity index (χ1) is 12.6. The van der Waals surface area contributed by atoms with Crippen LogP contribution in [-0.4, -0.2) is 54.9 Å². The van der Waals surface area contributed by atoms with E-state index in [0.29, 0.717) is 25.4 Å². The van der Waals surface area contributed by atoms with E-state index in [0.717, 1.165) is 25.7 Å². The molecule has 0 bridgehead atoms. The van der Waals surface area contributed by atoms with Gasteiger partial charge in [-0.25, -0.2) is 0 Å². The zero-order valence-corrected chi connectivity index (χ0v) is 14.8. The second-order valence-corrected chi connectivity index (χ2v) is 6.88. The first-order valence-electron chi connectivity index (χ1n) is 9.16. The highest BCUT2D eigenvalue weighted by molar-refractivity contribution is 6.35. The number of nitrogens with zero attached hydrogens (tertiary/aromatic N) is 1. The van der Waals surface area contributed by atoms with Gasteiger partial charge >= 0.3 is 11.8 Å². The van der Waals surface area contributed by atoms with Crippen LogP contribution in [0.2, 0.25) is 0 Å². The molecule has 2 fully saturated rings. The van der Waals surface area contributed by atoms with Crippen molar-refractivity contribution in [3.05, 3.63) is 30.3 Å². The minimum atomic E-state index is -0.563. The monoisotopic (exact) mass is 359 g/mol. The van der Waals surface area contributed by atoms with Crippen LogP contribution in [0, 0.1) is 5.92 Å². The fraction of sp³-hybridized carbons (Fsp3) is 0.526. The summed E-state index contributed by atoms with van der Waals surface area (Å²) in [5.74, 6) is -0.167. The second-order valence-electron chi connectivity index (χ2n) is 6.88. The van der Waals surface area contributed by atoms with E-state index in [-0.39, 0.29) is 24.5 Å². The van der Waals surface area contributed by atoms with Gasteiger partial charge in [0.1, 0.15) is 5.75 Å². The standard InChI is InChI=1S/C19H25N3O4/c23-17(13-26-16-4-2-1-3-5-16)22-10-8-14(9-11-22)12-20-18(24)19(25)21-15-6-7-15/h1-5,14-15H,6-13H2,(H,20,24)(H,21,25). The summed E-state index contributed by atoms with van der Waals surface area (Å²) in [6.07, 6.45) is 3.53. The van der Waals surface area contributed by atoms with E-state index in [9.17, 15) is 14.4 Å². The Labute approximate surface area is 153 Å². The van der Waals surface area contributed by atoms with Gasteiger partial charge in [0.15, 0.2) is 6.61 Å². The minimum absolute atomic E-state index is 0.0276. The Morgan fingerprint density at radius 2 is 1.69 bits per heavy atom. The van der Waals surface area contributed by atoms with E-state index in [1.165, 1.54) is 0 Å². The Morgan fingerprint density at radius 3 is 2.35 bits per heavy atom. The number of hydrogen-bond donors (Lipinski definition) is 2. The van der Waals surface area contributed by atoms with E-state index >= 15 is 0 Å². The number of likely N-dealkylation sites (tertiary alicyclic amines) is 1. The minimum Gasteiger partial charge on any atom is -0.484 e. The number of carbonyl (C=O) groups excluding carboxylic acids is 3. The van der Waals surface area contributed by atoms with Crippen LogP contribution >= 0.6 is 0 Å². The number of piperidine rings is 1. The highest BCUT2D eigenvalue weighted by Crippen LogP contribution is 2.19. The summed E-state index contributed by atoms with van der Waals surface area (Å²) in [6.45, 7) is 1.80. The van der Waals surface area contributed by atoms with Crippen LogP contribution in [0.3, 0.4) is 0 Å². The summed E-state index contributed by atoms with van der Waals surface area (Å²) in [6, 6.07) is 9.45. The van der Waals surface area contributed by atoms with Crippen molar-refractivity contribution in [2.45, 2.75) is 31.7 Å². The summed E-state index contributed by atoms with van der Waals surface area (Å²) in [7, 11) is 0. The van der Waals surface area contributed by atoms with Gasteiger partial charge in [-0.15, -0.1) is 0 Å². The first kappa shape index (κ1) is 18.2. The smallest absolute Gasteiger partial charge is 0.309 e. The van der Waals surface area contributed by atoms with Crippen molar-refractivity contribution >= 4 is 17.7 Å². The molecule has 7 nitrogen and oxygen atoms in total. The first-order valence-corrected chi connectivity index (χ1v) is 9.16. The molecule has 0 aromatic heterocycles. The second kappa shape index (κ2) is 8.69. The van der Waals surface area contributed by atoms with Gasteiger partial charge in [-0.1, -0.05) is 18.2 Å². The van der Waals surface area contributed by atoms with Crippen LogP contribution in [0.1, 0.15) is 25.7 Å². The van der Waals surface area contributed by atoms with Crippen LogP contribution in [0.15, 0.2) is 30.3 Å². The molecule has 3 rings (SSSR count). The number of hydrogen-bond acceptors (Lipinski definition) is 4. The molecule has 1 aromatic carbocycles. The third kappa shape index (κ3) is 5.47. The Morgan fingerprint density at radius 1 is 1.00 bits per heavy atom. The Balaban J connectivity index is 1.32. The molecule has 0 spiro atoms. The number of carbonyl (C=O) groups is 3. The molecule has 0 unspecified atom stereocenters. The summed E-state index contributed by atoms with van der Waals surface area (Å²) < 4.78 is 5.50. The van der Waals surface area contributed by atoms with E-state index in [1.807, 2.05) is 30.3 Å². The molecule has 140 valence electrons. The van der Waals surface area contributed by atoms with Crippen molar-refractivity contribution in [3.63, 3.8) is 0 Å². The van der Waals surface area contributed by atoms with Crippen molar-refractivity contribution in [1.29, 1.82) is 0 Å². The van der Waals surface area contributed by atoms with Crippen molar-refractivity contribution in [1.82, 2.24) is 15.5 Å². The van der Waals surface area contributed by atoms with Gasteiger partial charge in [0.2, 0.25) is 0 Å². The predicted octanol–water partition coefficient (Wildman–Crippen LogP) is 0.699. The van der Waals surface area contributed by atoms with Gasteiger partial charge in [-0.2, -0.15) is 0 Å². The predicted molar refractivity (Wildman–Crippen MR) is 95.4 cm³/mol. The maximum absolute atomic E-state index is 12.2. The average Bonchev–Trinajstić information content (AvgIpc) is 3.49. The lowest BCUT2D eigenvalue weighted by Gasteiger charge is -2.32. The van der Waals surface area contributed by atoms with Gasteiger partial charge in [0.05, 0.1) is 0 Å². The van der Waals surface area contributed by atoms with Gasteiger partial charge in [0.25, 0.3) is 5.91 Å².